The van der Waals surface area contributed by atoms with Crippen molar-refractivity contribution in [1.82, 2.24) is 20.3 Å². The van der Waals surface area contributed by atoms with E-state index in [4.69, 9.17) is 9.47 Å². The lowest BCUT2D eigenvalue weighted by Crippen LogP contribution is -2.35. The number of carbonyl (C=O) groups excluding carboxylic acids is 1. The van der Waals surface area contributed by atoms with E-state index < -0.39 is 0 Å². The molecule has 3 aromatic rings. The van der Waals surface area contributed by atoms with Crippen LogP contribution in [0, 0.1) is 0 Å². The SMILES string of the molecule is C[C@H](Cn1nnc2ccccc21)NC(=O)c1ccc2c(c1)OCO2. The summed E-state index contributed by atoms with van der Waals surface area (Å²) in [6.45, 7) is 2.66. The van der Waals surface area contributed by atoms with E-state index in [0.717, 1.165) is 11.0 Å². The third-order valence-corrected chi connectivity index (χ3v) is 3.88. The minimum absolute atomic E-state index is 0.104. The van der Waals surface area contributed by atoms with Crippen molar-refractivity contribution in [3.63, 3.8) is 0 Å². The molecule has 2 aromatic carbocycles. The average molecular weight is 324 g/mol. The van der Waals surface area contributed by atoms with Crippen molar-refractivity contribution >= 4 is 16.9 Å². The molecular weight excluding hydrogens is 308 g/mol. The molecule has 7 heteroatoms. The standard InChI is InChI=1S/C17H16N4O3/c1-11(9-21-14-5-3-2-4-13(14)19-20-21)18-17(22)12-6-7-15-16(8-12)24-10-23-15/h2-8,11H,9-10H2,1H3,(H,18,22)/t11-/m1/s1. The van der Waals surface area contributed by atoms with E-state index in [1.165, 1.54) is 0 Å². The largest absolute Gasteiger partial charge is 0.454 e. The Balaban J connectivity index is 1.45. The van der Waals surface area contributed by atoms with E-state index in [-0.39, 0.29) is 18.7 Å². The van der Waals surface area contributed by atoms with E-state index in [1.54, 1.807) is 22.9 Å². The molecule has 0 radical (unpaired) electrons. The fraction of sp³-hybridized carbons (Fsp3) is 0.235. The number of hydrogen-bond donors (Lipinski definition) is 1. The van der Waals surface area contributed by atoms with Gasteiger partial charge in [0.05, 0.1) is 12.1 Å². The predicted molar refractivity (Wildman–Crippen MR) is 87.0 cm³/mol. The average Bonchev–Trinajstić information content (AvgIpc) is 3.21. The predicted octanol–water partition coefficient (Wildman–Crippen LogP) is 1.98. The zero-order valence-electron chi connectivity index (χ0n) is 13.1. The van der Waals surface area contributed by atoms with Gasteiger partial charge in [-0.2, -0.15) is 0 Å². The first-order chi connectivity index (χ1) is 11.7. The van der Waals surface area contributed by atoms with Gasteiger partial charge in [0.2, 0.25) is 6.79 Å². The van der Waals surface area contributed by atoms with Crippen molar-refractivity contribution in [1.29, 1.82) is 0 Å². The Labute approximate surface area is 138 Å². The molecule has 1 aliphatic heterocycles. The van der Waals surface area contributed by atoms with Crippen LogP contribution in [-0.4, -0.2) is 33.7 Å². The zero-order valence-corrected chi connectivity index (χ0v) is 13.1. The second-order valence-electron chi connectivity index (χ2n) is 5.70. The molecule has 24 heavy (non-hydrogen) atoms. The van der Waals surface area contributed by atoms with Crippen LogP contribution in [0.1, 0.15) is 17.3 Å². The summed E-state index contributed by atoms with van der Waals surface area (Å²) in [5.74, 6) is 1.09. The Morgan fingerprint density at radius 2 is 2.08 bits per heavy atom. The molecule has 122 valence electrons. The number of nitrogens with one attached hydrogen (secondary N) is 1. The van der Waals surface area contributed by atoms with E-state index in [1.807, 2.05) is 31.2 Å². The fourth-order valence-electron chi connectivity index (χ4n) is 2.70. The van der Waals surface area contributed by atoms with Gasteiger partial charge < -0.3 is 14.8 Å². The molecule has 0 unspecified atom stereocenters. The number of hydrogen-bond acceptors (Lipinski definition) is 5. The van der Waals surface area contributed by atoms with Gasteiger partial charge in [-0.15, -0.1) is 5.10 Å². The van der Waals surface area contributed by atoms with Gasteiger partial charge in [0.1, 0.15) is 5.52 Å². The summed E-state index contributed by atoms with van der Waals surface area (Å²) >= 11 is 0. The molecule has 0 saturated heterocycles. The molecule has 1 atom stereocenters. The molecule has 0 aliphatic carbocycles. The molecule has 7 nitrogen and oxygen atoms in total. The second kappa shape index (κ2) is 5.84. The molecule has 0 spiro atoms. The van der Waals surface area contributed by atoms with Crippen LogP contribution in [0.15, 0.2) is 42.5 Å². The number of carbonyl (C=O) groups is 1. The molecule has 0 bridgehead atoms. The van der Waals surface area contributed by atoms with E-state index in [9.17, 15) is 4.79 Å². The van der Waals surface area contributed by atoms with Crippen molar-refractivity contribution < 1.29 is 14.3 Å². The van der Waals surface area contributed by atoms with Crippen LogP contribution in [-0.2, 0) is 6.54 Å². The Morgan fingerprint density at radius 1 is 1.25 bits per heavy atom. The normalized spacial score (nSPS) is 13.9. The number of benzene rings is 2. The lowest BCUT2D eigenvalue weighted by Gasteiger charge is -2.14. The zero-order chi connectivity index (χ0) is 16.5. The van der Waals surface area contributed by atoms with Crippen LogP contribution in [0.5, 0.6) is 11.5 Å². The first-order valence-corrected chi connectivity index (χ1v) is 7.69. The molecule has 0 saturated carbocycles. The Hall–Kier alpha value is -3.09. The van der Waals surface area contributed by atoms with Crippen molar-refractivity contribution in [2.45, 2.75) is 19.5 Å². The summed E-state index contributed by atoms with van der Waals surface area (Å²) in [6.07, 6.45) is 0. The maximum absolute atomic E-state index is 12.4. The summed E-state index contributed by atoms with van der Waals surface area (Å²) in [7, 11) is 0. The number of fused-ring (bicyclic) bond motifs is 2. The summed E-state index contributed by atoms with van der Waals surface area (Å²) in [5, 5.41) is 11.2. The van der Waals surface area contributed by atoms with Crippen LogP contribution >= 0.6 is 0 Å². The van der Waals surface area contributed by atoms with Crippen LogP contribution in [0.25, 0.3) is 11.0 Å². The molecule has 1 aromatic heterocycles. The summed E-state index contributed by atoms with van der Waals surface area (Å²) in [4.78, 5) is 12.4. The second-order valence-corrected chi connectivity index (χ2v) is 5.70. The van der Waals surface area contributed by atoms with E-state index >= 15 is 0 Å². The van der Waals surface area contributed by atoms with Gasteiger partial charge in [0, 0.05) is 11.6 Å². The van der Waals surface area contributed by atoms with Crippen LogP contribution in [0.3, 0.4) is 0 Å². The summed E-state index contributed by atoms with van der Waals surface area (Å²) in [6, 6.07) is 12.8. The quantitative estimate of drug-likeness (QED) is 0.794. The van der Waals surface area contributed by atoms with Gasteiger partial charge in [-0.25, -0.2) is 4.68 Å². The van der Waals surface area contributed by atoms with Crippen LogP contribution < -0.4 is 14.8 Å². The van der Waals surface area contributed by atoms with Gasteiger partial charge in [-0.3, -0.25) is 4.79 Å². The molecule has 1 N–H and O–H groups in total. The Bertz CT molecular complexity index is 906. The molecule has 1 aliphatic rings. The monoisotopic (exact) mass is 324 g/mol. The lowest BCUT2D eigenvalue weighted by atomic mass is 10.1. The van der Waals surface area contributed by atoms with Crippen LogP contribution in [0.4, 0.5) is 0 Å². The lowest BCUT2D eigenvalue weighted by molar-refractivity contribution is 0.0935. The first-order valence-electron chi connectivity index (χ1n) is 7.69. The molecule has 4 rings (SSSR count). The Kier molecular flexibility index (Phi) is 3.53. The topological polar surface area (TPSA) is 78.3 Å². The van der Waals surface area contributed by atoms with Gasteiger partial charge in [0.25, 0.3) is 5.91 Å². The van der Waals surface area contributed by atoms with Gasteiger partial charge in [-0.1, -0.05) is 17.3 Å². The third kappa shape index (κ3) is 2.64. The maximum atomic E-state index is 12.4. The molecule has 1 amide bonds. The minimum Gasteiger partial charge on any atom is -0.454 e. The number of rotatable bonds is 4. The highest BCUT2D eigenvalue weighted by Gasteiger charge is 2.17. The number of ether oxygens (including phenoxy) is 2. The highest BCUT2D eigenvalue weighted by molar-refractivity contribution is 5.95. The van der Waals surface area contributed by atoms with E-state index in [0.29, 0.717) is 23.6 Å². The third-order valence-electron chi connectivity index (χ3n) is 3.88. The summed E-state index contributed by atoms with van der Waals surface area (Å²) in [5.41, 5.74) is 2.32. The molecule has 2 heterocycles. The molecular formula is C17H16N4O3. The highest BCUT2D eigenvalue weighted by atomic mass is 16.7. The molecule has 0 fully saturated rings. The van der Waals surface area contributed by atoms with Crippen molar-refractivity contribution in [3.8, 4) is 11.5 Å². The van der Waals surface area contributed by atoms with Gasteiger partial charge in [0.15, 0.2) is 11.5 Å². The fourth-order valence-corrected chi connectivity index (χ4v) is 2.70. The number of aromatic nitrogens is 3. The van der Waals surface area contributed by atoms with E-state index in [2.05, 4.69) is 15.6 Å². The maximum Gasteiger partial charge on any atom is 0.251 e. The van der Waals surface area contributed by atoms with Crippen molar-refractivity contribution in [2.24, 2.45) is 0 Å². The number of amides is 1. The van der Waals surface area contributed by atoms with Crippen LogP contribution in [0.2, 0.25) is 0 Å². The Morgan fingerprint density at radius 3 is 3.00 bits per heavy atom. The smallest absolute Gasteiger partial charge is 0.251 e. The van der Waals surface area contributed by atoms with Crippen molar-refractivity contribution in [2.75, 3.05) is 6.79 Å². The summed E-state index contributed by atoms with van der Waals surface area (Å²) < 4.78 is 12.3. The van der Waals surface area contributed by atoms with Gasteiger partial charge >= 0.3 is 0 Å². The number of nitrogens with zero attached hydrogens (tertiary/aromatic N) is 3. The van der Waals surface area contributed by atoms with Gasteiger partial charge in [-0.05, 0) is 37.3 Å². The first kappa shape index (κ1) is 14.5. The minimum atomic E-state index is -0.162. The number of para-hydroxylation sites is 1. The van der Waals surface area contributed by atoms with Crippen molar-refractivity contribution in [3.05, 3.63) is 48.0 Å². The highest BCUT2D eigenvalue weighted by Crippen LogP contribution is 2.32.